The van der Waals surface area contributed by atoms with Gasteiger partial charge in [-0.3, -0.25) is 4.98 Å². The van der Waals surface area contributed by atoms with Crippen LogP contribution < -0.4 is 0 Å². The zero-order chi connectivity index (χ0) is 36.0. The SMILES string of the molecule is CC1(C)c2cccc3c2-c2c1cccc2C3(c1ccc(-c2cccnc2)cc1)c1ccc(-c2c3ccccc3c(-c3ccccc3)c3ccccc23)cc1. The smallest absolute Gasteiger partial charge is 0.0713 e. The van der Waals surface area contributed by atoms with Crippen molar-refractivity contribution in [1.29, 1.82) is 0 Å². The highest BCUT2D eigenvalue weighted by molar-refractivity contribution is 6.21. The molecular formula is C53H37N. The lowest BCUT2D eigenvalue weighted by atomic mass is 9.65. The summed E-state index contributed by atoms with van der Waals surface area (Å²) in [7, 11) is 0. The Balaban J connectivity index is 1.16. The molecule has 0 fully saturated rings. The number of rotatable bonds is 5. The molecule has 0 radical (unpaired) electrons. The van der Waals surface area contributed by atoms with Gasteiger partial charge in [-0.2, -0.15) is 0 Å². The number of nitrogens with zero attached hydrogens (tertiary/aromatic N) is 1. The molecule has 0 atom stereocenters. The van der Waals surface area contributed by atoms with Crippen molar-refractivity contribution in [3.8, 4) is 44.5 Å². The lowest BCUT2D eigenvalue weighted by Gasteiger charge is -2.36. The van der Waals surface area contributed by atoms with Crippen LogP contribution >= 0.6 is 0 Å². The Kier molecular flexibility index (Phi) is 6.58. The zero-order valence-electron chi connectivity index (χ0n) is 30.3. The molecule has 0 saturated carbocycles. The molecule has 1 heterocycles. The summed E-state index contributed by atoms with van der Waals surface area (Å²) in [5.74, 6) is 0. The number of hydrogen-bond acceptors (Lipinski definition) is 1. The zero-order valence-corrected chi connectivity index (χ0v) is 30.3. The first-order valence-electron chi connectivity index (χ1n) is 19.0. The first-order valence-corrected chi connectivity index (χ1v) is 19.0. The van der Waals surface area contributed by atoms with E-state index in [-0.39, 0.29) is 5.41 Å². The maximum Gasteiger partial charge on any atom is 0.0713 e. The summed E-state index contributed by atoms with van der Waals surface area (Å²) in [5.41, 5.74) is 17.8. The van der Waals surface area contributed by atoms with Crippen LogP contribution in [0.15, 0.2) is 188 Å². The Morgan fingerprint density at radius 2 is 0.759 bits per heavy atom. The fraction of sp³-hybridized carbons (Fsp3) is 0.0755. The predicted molar refractivity (Wildman–Crippen MR) is 225 cm³/mol. The van der Waals surface area contributed by atoms with Gasteiger partial charge in [0.15, 0.2) is 0 Å². The molecule has 1 aromatic heterocycles. The summed E-state index contributed by atoms with van der Waals surface area (Å²) < 4.78 is 0. The molecule has 11 rings (SSSR count). The van der Waals surface area contributed by atoms with E-state index in [4.69, 9.17) is 0 Å². The van der Waals surface area contributed by atoms with Crippen LogP contribution in [-0.4, -0.2) is 4.98 Å². The minimum Gasteiger partial charge on any atom is -0.264 e. The molecule has 54 heavy (non-hydrogen) atoms. The highest BCUT2D eigenvalue weighted by atomic mass is 14.6. The predicted octanol–water partition coefficient (Wildman–Crippen LogP) is 13.4. The van der Waals surface area contributed by atoms with Crippen LogP contribution in [0.5, 0.6) is 0 Å². The third-order valence-corrected chi connectivity index (χ3v) is 12.4. The Hall–Kier alpha value is -6.57. The van der Waals surface area contributed by atoms with Gasteiger partial charge in [-0.05, 0) is 105 Å². The molecule has 0 amide bonds. The number of benzene rings is 8. The van der Waals surface area contributed by atoms with Gasteiger partial charge in [-0.15, -0.1) is 0 Å². The van der Waals surface area contributed by atoms with Gasteiger partial charge < -0.3 is 0 Å². The summed E-state index contributed by atoms with van der Waals surface area (Å²) in [6.45, 7) is 4.76. The summed E-state index contributed by atoms with van der Waals surface area (Å²) in [5, 5.41) is 5.09. The van der Waals surface area contributed by atoms with Gasteiger partial charge in [0, 0.05) is 17.8 Å². The largest absolute Gasteiger partial charge is 0.264 e. The van der Waals surface area contributed by atoms with Crippen LogP contribution in [0.3, 0.4) is 0 Å². The normalized spacial score (nSPS) is 14.4. The molecule has 8 aromatic carbocycles. The van der Waals surface area contributed by atoms with E-state index in [0.29, 0.717) is 0 Å². The quantitative estimate of drug-likeness (QED) is 0.164. The second-order valence-corrected chi connectivity index (χ2v) is 15.4. The van der Waals surface area contributed by atoms with E-state index in [1.54, 1.807) is 0 Å². The minimum atomic E-state index is -0.472. The lowest BCUT2D eigenvalue weighted by molar-refractivity contribution is 0.652. The number of aromatic nitrogens is 1. The molecule has 0 saturated heterocycles. The van der Waals surface area contributed by atoms with Crippen LogP contribution in [0, 0.1) is 0 Å². The maximum atomic E-state index is 4.40. The van der Waals surface area contributed by atoms with Gasteiger partial charge >= 0.3 is 0 Å². The van der Waals surface area contributed by atoms with Crippen molar-refractivity contribution >= 4 is 21.5 Å². The van der Waals surface area contributed by atoms with Crippen LogP contribution in [0.4, 0.5) is 0 Å². The van der Waals surface area contributed by atoms with E-state index in [9.17, 15) is 0 Å². The molecule has 2 aliphatic carbocycles. The highest BCUT2D eigenvalue weighted by Gasteiger charge is 2.52. The summed E-state index contributed by atoms with van der Waals surface area (Å²) in [4.78, 5) is 4.40. The van der Waals surface area contributed by atoms with Gasteiger partial charge in [-0.1, -0.05) is 184 Å². The van der Waals surface area contributed by atoms with Gasteiger partial charge in [0.2, 0.25) is 0 Å². The second-order valence-electron chi connectivity index (χ2n) is 15.4. The van der Waals surface area contributed by atoms with Crippen LogP contribution in [0.25, 0.3) is 66.1 Å². The third-order valence-electron chi connectivity index (χ3n) is 12.4. The summed E-state index contributed by atoms with van der Waals surface area (Å²) in [6.07, 6.45) is 3.78. The maximum absolute atomic E-state index is 4.40. The molecule has 0 N–H and O–H groups in total. The Morgan fingerprint density at radius 1 is 0.333 bits per heavy atom. The van der Waals surface area contributed by atoms with E-state index in [2.05, 4.69) is 189 Å². The molecule has 0 bridgehead atoms. The number of fused-ring (bicyclic) bond motifs is 2. The van der Waals surface area contributed by atoms with E-state index >= 15 is 0 Å². The summed E-state index contributed by atoms with van der Waals surface area (Å²) >= 11 is 0. The van der Waals surface area contributed by atoms with Crippen molar-refractivity contribution in [2.45, 2.75) is 24.7 Å². The fourth-order valence-electron chi connectivity index (χ4n) is 10.1. The van der Waals surface area contributed by atoms with E-state index in [1.807, 2.05) is 18.5 Å². The van der Waals surface area contributed by atoms with Crippen molar-refractivity contribution in [2.24, 2.45) is 0 Å². The van der Waals surface area contributed by atoms with Crippen LogP contribution in [0.1, 0.15) is 47.2 Å². The highest BCUT2D eigenvalue weighted by Crippen LogP contribution is 2.64. The Bertz CT molecular complexity index is 2810. The van der Waals surface area contributed by atoms with Gasteiger partial charge in [0.1, 0.15) is 0 Å². The van der Waals surface area contributed by atoms with Crippen LogP contribution in [-0.2, 0) is 10.8 Å². The van der Waals surface area contributed by atoms with Crippen molar-refractivity contribution in [2.75, 3.05) is 0 Å². The number of pyridine rings is 1. The average Bonchev–Trinajstić information content (AvgIpc) is 3.67. The van der Waals surface area contributed by atoms with Gasteiger partial charge in [-0.25, -0.2) is 0 Å². The molecule has 2 aliphatic rings. The second kappa shape index (κ2) is 11.5. The molecule has 254 valence electrons. The average molecular weight is 688 g/mol. The first kappa shape index (κ1) is 31.0. The molecule has 0 unspecified atom stereocenters. The van der Waals surface area contributed by atoms with E-state index < -0.39 is 5.41 Å². The van der Waals surface area contributed by atoms with Crippen molar-refractivity contribution < 1.29 is 0 Å². The van der Waals surface area contributed by atoms with E-state index in [0.717, 1.165) is 5.56 Å². The first-order chi connectivity index (χ1) is 26.6. The van der Waals surface area contributed by atoms with Crippen molar-refractivity contribution in [1.82, 2.24) is 4.98 Å². The van der Waals surface area contributed by atoms with Crippen molar-refractivity contribution in [3.05, 3.63) is 222 Å². The molecule has 0 aliphatic heterocycles. The van der Waals surface area contributed by atoms with Gasteiger partial charge in [0.25, 0.3) is 0 Å². The molecule has 9 aromatic rings. The van der Waals surface area contributed by atoms with E-state index in [1.165, 1.54) is 93.9 Å². The lowest BCUT2D eigenvalue weighted by Crippen LogP contribution is -2.30. The van der Waals surface area contributed by atoms with Gasteiger partial charge in [0.05, 0.1) is 5.41 Å². The number of hydrogen-bond donors (Lipinski definition) is 0. The third kappa shape index (κ3) is 4.13. The molecule has 0 spiro atoms. The Labute approximate surface area is 316 Å². The standard InChI is InChI=1S/C53H37N/c1-52(2)44-20-10-22-46-50(44)51-45(52)21-11-23-47(51)53(46,38-28-24-34(25-29-38)37-15-12-32-54-33-37)39-30-26-36(27-31-39)49-42-18-8-6-16-40(42)48(35-13-4-3-5-14-35)41-17-7-9-19-43(41)49/h3-33H,1-2H3. The Morgan fingerprint density at radius 3 is 1.24 bits per heavy atom. The fourth-order valence-corrected chi connectivity index (χ4v) is 10.1. The topological polar surface area (TPSA) is 12.9 Å². The van der Waals surface area contributed by atoms with Crippen LogP contribution in [0.2, 0.25) is 0 Å². The van der Waals surface area contributed by atoms with Crippen molar-refractivity contribution in [3.63, 3.8) is 0 Å². The minimum absolute atomic E-state index is 0.0507. The molecule has 1 heteroatoms. The molecule has 1 nitrogen and oxygen atoms in total. The molecular weight excluding hydrogens is 651 g/mol. The monoisotopic (exact) mass is 687 g/mol. The summed E-state index contributed by atoms with van der Waals surface area (Å²) in [6, 6.07) is 65.7.